The van der Waals surface area contributed by atoms with Crippen LogP contribution < -0.4 is 5.32 Å². The number of aliphatic imine (C=N–C) groups is 1. The van der Waals surface area contributed by atoms with Gasteiger partial charge in [-0.2, -0.15) is 0 Å². The third-order valence-electron chi connectivity index (χ3n) is 6.03. The Kier molecular flexibility index (Phi) is 4.79. The molecule has 0 saturated carbocycles. The molecule has 2 aliphatic heterocycles. The van der Waals surface area contributed by atoms with Crippen LogP contribution in [0, 0.1) is 11.8 Å². The lowest BCUT2D eigenvalue weighted by Gasteiger charge is -2.38. The first-order chi connectivity index (χ1) is 12.9. The van der Waals surface area contributed by atoms with Gasteiger partial charge in [-0.05, 0) is 23.0 Å². The smallest absolute Gasteiger partial charge is 0.224 e. The van der Waals surface area contributed by atoms with Gasteiger partial charge < -0.3 is 5.32 Å². The summed E-state index contributed by atoms with van der Waals surface area (Å²) in [5, 5.41) is 3.18. The summed E-state index contributed by atoms with van der Waals surface area (Å²) in [6.07, 6.45) is 10.4. The number of hydrogen-bond donors (Lipinski definition) is 1. The third kappa shape index (κ3) is 3.40. The van der Waals surface area contributed by atoms with Gasteiger partial charge in [0, 0.05) is 36.5 Å². The molecule has 4 rings (SSSR count). The third-order valence-corrected chi connectivity index (χ3v) is 7.74. The largest absolute Gasteiger partial charge is 0.352 e. The van der Waals surface area contributed by atoms with Crippen molar-refractivity contribution < 1.29 is 4.79 Å². The van der Waals surface area contributed by atoms with Gasteiger partial charge in [-0.1, -0.05) is 63.3 Å². The maximum atomic E-state index is 13.0. The van der Waals surface area contributed by atoms with Gasteiger partial charge >= 0.3 is 0 Å². The van der Waals surface area contributed by atoms with Gasteiger partial charge in [0.25, 0.3) is 0 Å². The summed E-state index contributed by atoms with van der Waals surface area (Å²) in [6, 6.07) is 8.59. The average molecular weight is 381 g/mol. The zero-order chi connectivity index (χ0) is 19.1. The Morgan fingerprint density at radius 3 is 2.78 bits per heavy atom. The Balaban J connectivity index is 1.42. The van der Waals surface area contributed by atoms with Gasteiger partial charge in [0.05, 0.1) is 10.7 Å². The fourth-order valence-corrected chi connectivity index (χ4v) is 6.12. The number of rotatable bonds is 3. The molecular formula is C23H28N2OS. The van der Waals surface area contributed by atoms with Crippen molar-refractivity contribution in [1.29, 1.82) is 0 Å². The highest BCUT2D eigenvalue weighted by Crippen LogP contribution is 2.53. The normalized spacial score (nSPS) is 29.1. The molecule has 1 N–H and O–H groups in total. The molecule has 1 spiro atoms. The molecule has 0 bridgehead atoms. The van der Waals surface area contributed by atoms with Crippen LogP contribution in [0.5, 0.6) is 0 Å². The number of allylic oxidation sites excluding steroid dienone is 3. The van der Waals surface area contributed by atoms with E-state index in [0.717, 1.165) is 24.2 Å². The first kappa shape index (κ1) is 18.5. The molecule has 2 heterocycles. The van der Waals surface area contributed by atoms with Gasteiger partial charge in [-0.15, -0.1) is 11.8 Å². The number of hydrogen-bond acceptors (Lipinski definition) is 3. The molecule has 1 aromatic carbocycles. The Morgan fingerprint density at radius 1 is 1.26 bits per heavy atom. The monoisotopic (exact) mass is 380 g/mol. The van der Waals surface area contributed by atoms with E-state index < -0.39 is 0 Å². The summed E-state index contributed by atoms with van der Waals surface area (Å²) in [5.41, 5.74) is 3.86. The SMILES string of the molecule is CC(C)(C)c1ccc(CNC(=O)C2CSC34CC=CCC3=NC=CC24)cc1. The van der Waals surface area contributed by atoms with Crippen molar-refractivity contribution in [2.45, 2.75) is 50.3 Å². The van der Waals surface area contributed by atoms with Crippen molar-refractivity contribution in [3.8, 4) is 0 Å². The summed E-state index contributed by atoms with van der Waals surface area (Å²) >= 11 is 1.93. The lowest BCUT2D eigenvalue weighted by molar-refractivity contribution is -0.125. The first-order valence-electron chi connectivity index (χ1n) is 9.80. The molecule has 1 aromatic rings. The van der Waals surface area contributed by atoms with E-state index in [-0.39, 0.29) is 27.9 Å². The van der Waals surface area contributed by atoms with Crippen LogP contribution in [-0.4, -0.2) is 22.1 Å². The van der Waals surface area contributed by atoms with E-state index in [1.54, 1.807) is 0 Å². The standard InChI is InChI=1S/C23H28N2OS/c1-22(2,3)17-9-7-16(8-10-17)14-25-21(26)18-15-27-23-12-5-4-6-20(23)24-13-11-19(18)23/h4-5,7-11,13,18-19H,6,12,14-15H2,1-3H3,(H,25,26). The van der Waals surface area contributed by atoms with E-state index in [9.17, 15) is 4.79 Å². The summed E-state index contributed by atoms with van der Waals surface area (Å²) in [4.78, 5) is 17.6. The fourth-order valence-electron chi connectivity index (χ4n) is 4.34. The van der Waals surface area contributed by atoms with Crippen molar-refractivity contribution in [3.63, 3.8) is 0 Å². The van der Waals surface area contributed by atoms with Crippen molar-refractivity contribution in [2.75, 3.05) is 5.75 Å². The van der Waals surface area contributed by atoms with Crippen LogP contribution >= 0.6 is 11.8 Å². The Morgan fingerprint density at radius 2 is 2.04 bits per heavy atom. The number of nitrogens with zero attached hydrogens (tertiary/aromatic N) is 1. The molecule has 0 aromatic heterocycles. The van der Waals surface area contributed by atoms with Gasteiger partial charge in [-0.3, -0.25) is 9.79 Å². The van der Waals surface area contributed by atoms with E-state index in [1.165, 1.54) is 11.3 Å². The highest BCUT2D eigenvalue weighted by Gasteiger charge is 2.54. The molecule has 142 valence electrons. The van der Waals surface area contributed by atoms with E-state index in [4.69, 9.17) is 0 Å². The highest BCUT2D eigenvalue weighted by atomic mass is 32.2. The second-order valence-electron chi connectivity index (χ2n) is 8.79. The highest BCUT2D eigenvalue weighted by molar-refractivity contribution is 8.01. The second-order valence-corrected chi connectivity index (χ2v) is 10.1. The number of thioether (sulfide) groups is 1. The zero-order valence-corrected chi connectivity index (χ0v) is 17.2. The van der Waals surface area contributed by atoms with Crippen LogP contribution in [-0.2, 0) is 16.8 Å². The molecule has 1 saturated heterocycles. The summed E-state index contributed by atoms with van der Waals surface area (Å²) in [6.45, 7) is 7.24. The Labute approximate surface area is 166 Å². The predicted octanol–water partition coefficient (Wildman–Crippen LogP) is 4.64. The van der Waals surface area contributed by atoms with E-state index >= 15 is 0 Å². The lowest BCUT2D eigenvalue weighted by Crippen LogP contribution is -2.45. The summed E-state index contributed by atoms with van der Waals surface area (Å²) in [7, 11) is 0. The first-order valence-corrected chi connectivity index (χ1v) is 10.8. The van der Waals surface area contributed by atoms with Crippen molar-refractivity contribution in [3.05, 3.63) is 59.8 Å². The second kappa shape index (κ2) is 6.97. The minimum Gasteiger partial charge on any atom is -0.352 e. The molecule has 1 aliphatic carbocycles. The molecule has 27 heavy (non-hydrogen) atoms. The maximum Gasteiger partial charge on any atom is 0.224 e. The number of carbonyl (C=O) groups is 1. The molecule has 3 atom stereocenters. The fraction of sp³-hybridized carbons (Fsp3) is 0.478. The van der Waals surface area contributed by atoms with Crippen LogP contribution in [0.25, 0.3) is 0 Å². The van der Waals surface area contributed by atoms with Crippen LogP contribution in [0.1, 0.15) is 44.7 Å². The molecule has 0 radical (unpaired) electrons. The van der Waals surface area contributed by atoms with Crippen LogP contribution in [0.2, 0.25) is 0 Å². The van der Waals surface area contributed by atoms with E-state index in [2.05, 4.69) is 73.6 Å². The molecule has 1 amide bonds. The van der Waals surface area contributed by atoms with Gasteiger partial charge in [0.2, 0.25) is 5.91 Å². The van der Waals surface area contributed by atoms with Gasteiger partial charge in [0.1, 0.15) is 0 Å². The molecule has 4 heteroatoms. The average Bonchev–Trinajstić information content (AvgIpc) is 3.04. The minimum atomic E-state index is 0.0138. The Hall–Kier alpha value is -1.81. The van der Waals surface area contributed by atoms with Crippen LogP contribution in [0.3, 0.4) is 0 Å². The molecule has 3 nitrogen and oxygen atoms in total. The molecule has 1 fully saturated rings. The van der Waals surface area contributed by atoms with Gasteiger partial charge in [0.15, 0.2) is 0 Å². The number of nitrogens with one attached hydrogen (secondary N) is 1. The van der Waals surface area contributed by atoms with Crippen molar-refractivity contribution in [2.24, 2.45) is 16.8 Å². The van der Waals surface area contributed by atoms with Crippen molar-refractivity contribution >= 4 is 23.4 Å². The van der Waals surface area contributed by atoms with Crippen molar-refractivity contribution in [1.82, 2.24) is 5.32 Å². The molecule has 3 unspecified atom stereocenters. The van der Waals surface area contributed by atoms with Gasteiger partial charge in [-0.25, -0.2) is 0 Å². The summed E-state index contributed by atoms with van der Waals surface area (Å²) < 4.78 is 0.0138. The van der Waals surface area contributed by atoms with Crippen LogP contribution in [0.4, 0.5) is 0 Å². The number of carbonyl (C=O) groups excluding carboxylic acids is 1. The quantitative estimate of drug-likeness (QED) is 0.777. The zero-order valence-electron chi connectivity index (χ0n) is 16.4. The summed E-state index contributed by atoms with van der Waals surface area (Å²) in [5.74, 6) is 1.32. The minimum absolute atomic E-state index is 0.0138. The Bertz CT molecular complexity index is 816. The lowest BCUT2D eigenvalue weighted by atomic mass is 9.73. The number of benzene rings is 1. The predicted molar refractivity (Wildman–Crippen MR) is 114 cm³/mol. The van der Waals surface area contributed by atoms with E-state index in [0.29, 0.717) is 6.54 Å². The maximum absolute atomic E-state index is 13.0. The topological polar surface area (TPSA) is 41.5 Å². The number of amides is 1. The molecule has 3 aliphatic rings. The molecular weight excluding hydrogens is 352 g/mol. The van der Waals surface area contributed by atoms with Crippen LogP contribution in [0.15, 0.2) is 53.7 Å². The van der Waals surface area contributed by atoms with E-state index in [1.807, 2.05) is 18.0 Å².